The SMILES string of the molecule is CC(C)(C)OC(=O)NC1COCCC1NC1CCOCC1. The molecule has 2 aliphatic rings. The van der Waals surface area contributed by atoms with Gasteiger partial charge in [0.05, 0.1) is 12.6 Å². The van der Waals surface area contributed by atoms with Crippen LogP contribution in [0.2, 0.25) is 0 Å². The summed E-state index contributed by atoms with van der Waals surface area (Å²) >= 11 is 0. The summed E-state index contributed by atoms with van der Waals surface area (Å²) < 4.78 is 16.2. The fourth-order valence-electron chi connectivity index (χ4n) is 2.71. The zero-order chi connectivity index (χ0) is 15.3. The fourth-order valence-corrected chi connectivity index (χ4v) is 2.71. The van der Waals surface area contributed by atoms with Gasteiger partial charge < -0.3 is 24.8 Å². The lowest BCUT2D eigenvalue weighted by Gasteiger charge is -2.36. The maximum atomic E-state index is 11.9. The Balaban J connectivity index is 1.84. The maximum absolute atomic E-state index is 11.9. The van der Waals surface area contributed by atoms with Crippen molar-refractivity contribution in [3.63, 3.8) is 0 Å². The molecule has 0 aromatic carbocycles. The third kappa shape index (κ3) is 5.80. The molecular weight excluding hydrogens is 272 g/mol. The van der Waals surface area contributed by atoms with Gasteiger partial charge in [0.15, 0.2) is 0 Å². The molecule has 2 rings (SSSR count). The van der Waals surface area contributed by atoms with Gasteiger partial charge >= 0.3 is 6.09 Å². The number of hydrogen-bond donors (Lipinski definition) is 2. The van der Waals surface area contributed by atoms with E-state index in [9.17, 15) is 4.79 Å². The molecule has 2 unspecified atom stereocenters. The Morgan fingerprint density at radius 3 is 2.38 bits per heavy atom. The third-order valence-corrected chi connectivity index (χ3v) is 3.73. The number of carbonyl (C=O) groups is 1. The molecule has 2 aliphatic heterocycles. The second kappa shape index (κ2) is 7.42. The van der Waals surface area contributed by atoms with Gasteiger partial charge in [-0.05, 0) is 40.0 Å². The number of alkyl carbamates (subject to hydrolysis) is 1. The van der Waals surface area contributed by atoms with Crippen LogP contribution in [-0.2, 0) is 14.2 Å². The van der Waals surface area contributed by atoms with Crippen LogP contribution >= 0.6 is 0 Å². The first kappa shape index (κ1) is 16.5. The molecule has 0 saturated carbocycles. The summed E-state index contributed by atoms with van der Waals surface area (Å²) in [6, 6.07) is 0.649. The second-order valence-electron chi connectivity index (χ2n) is 6.78. The van der Waals surface area contributed by atoms with Crippen molar-refractivity contribution in [2.45, 2.75) is 63.8 Å². The van der Waals surface area contributed by atoms with Crippen molar-refractivity contribution in [3.8, 4) is 0 Å². The normalized spacial score (nSPS) is 28.1. The summed E-state index contributed by atoms with van der Waals surface area (Å²) in [6.07, 6.45) is 2.57. The van der Waals surface area contributed by atoms with Gasteiger partial charge in [-0.1, -0.05) is 0 Å². The molecule has 0 bridgehead atoms. The number of nitrogens with one attached hydrogen (secondary N) is 2. The number of carbonyl (C=O) groups excluding carboxylic acids is 1. The van der Waals surface area contributed by atoms with E-state index < -0.39 is 5.60 Å². The quantitative estimate of drug-likeness (QED) is 0.825. The highest BCUT2D eigenvalue weighted by Gasteiger charge is 2.30. The minimum absolute atomic E-state index is 0.0450. The van der Waals surface area contributed by atoms with Crippen molar-refractivity contribution in [2.75, 3.05) is 26.4 Å². The van der Waals surface area contributed by atoms with E-state index in [0.717, 1.165) is 39.1 Å². The molecule has 2 fully saturated rings. The molecule has 122 valence electrons. The minimum Gasteiger partial charge on any atom is -0.444 e. The topological polar surface area (TPSA) is 68.8 Å². The van der Waals surface area contributed by atoms with Gasteiger partial charge in [0, 0.05) is 31.9 Å². The van der Waals surface area contributed by atoms with Crippen molar-refractivity contribution in [1.82, 2.24) is 10.6 Å². The lowest BCUT2D eigenvalue weighted by atomic mass is 10.00. The van der Waals surface area contributed by atoms with E-state index in [4.69, 9.17) is 14.2 Å². The highest BCUT2D eigenvalue weighted by molar-refractivity contribution is 5.68. The maximum Gasteiger partial charge on any atom is 0.408 e. The zero-order valence-corrected chi connectivity index (χ0v) is 13.3. The van der Waals surface area contributed by atoms with Crippen LogP contribution in [0.4, 0.5) is 4.79 Å². The van der Waals surface area contributed by atoms with E-state index in [1.165, 1.54) is 0 Å². The van der Waals surface area contributed by atoms with Crippen LogP contribution in [0.1, 0.15) is 40.0 Å². The van der Waals surface area contributed by atoms with Gasteiger partial charge in [-0.25, -0.2) is 4.79 Å². The molecule has 2 saturated heterocycles. The van der Waals surface area contributed by atoms with E-state index >= 15 is 0 Å². The van der Waals surface area contributed by atoms with E-state index in [1.807, 2.05) is 20.8 Å². The summed E-state index contributed by atoms with van der Waals surface area (Å²) in [5, 5.41) is 6.58. The van der Waals surface area contributed by atoms with Crippen molar-refractivity contribution >= 4 is 6.09 Å². The molecular formula is C15H28N2O4. The summed E-state index contributed by atoms with van der Waals surface area (Å²) in [6.45, 7) is 8.47. The van der Waals surface area contributed by atoms with Crippen molar-refractivity contribution in [1.29, 1.82) is 0 Å². The summed E-state index contributed by atoms with van der Waals surface area (Å²) in [5.41, 5.74) is -0.483. The average molecular weight is 300 g/mol. The van der Waals surface area contributed by atoms with E-state index in [0.29, 0.717) is 12.6 Å². The number of ether oxygens (including phenoxy) is 3. The second-order valence-corrected chi connectivity index (χ2v) is 6.78. The molecule has 21 heavy (non-hydrogen) atoms. The standard InChI is InChI=1S/C15H28N2O4/c1-15(2,3)21-14(18)17-13-10-20-9-6-12(13)16-11-4-7-19-8-5-11/h11-13,16H,4-10H2,1-3H3,(H,17,18). The Morgan fingerprint density at radius 1 is 1.05 bits per heavy atom. The molecule has 2 heterocycles. The summed E-state index contributed by atoms with van der Waals surface area (Å²) in [4.78, 5) is 11.9. The lowest BCUT2D eigenvalue weighted by Crippen LogP contribution is -2.58. The Hall–Kier alpha value is -0.850. The monoisotopic (exact) mass is 300 g/mol. The Kier molecular flexibility index (Phi) is 5.84. The van der Waals surface area contributed by atoms with E-state index in [2.05, 4.69) is 10.6 Å². The van der Waals surface area contributed by atoms with Crippen LogP contribution in [0.5, 0.6) is 0 Å². The van der Waals surface area contributed by atoms with Crippen LogP contribution in [0, 0.1) is 0 Å². The van der Waals surface area contributed by atoms with Crippen LogP contribution in [0.15, 0.2) is 0 Å². The van der Waals surface area contributed by atoms with Crippen molar-refractivity contribution < 1.29 is 19.0 Å². The Labute approximate surface area is 126 Å². The zero-order valence-electron chi connectivity index (χ0n) is 13.3. The number of amides is 1. The molecule has 0 spiro atoms. The van der Waals surface area contributed by atoms with Gasteiger partial charge in [0.2, 0.25) is 0 Å². The smallest absolute Gasteiger partial charge is 0.408 e. The molecule has 1 amide bonds. The van der Waals surface area contributed by atoms with Crippen molar-refractivity contribution in [2.24, 2.45) is 0 Å². The molecule has 0 aromatic heterocycles. The third-order valence-electron chi connectivity index (χ3n) is 3.73. The largest absolute Gasteiger partial charge is 0.444 e. The van der Waals surface area contributed by atoms with Crippen molar-refractivity contribution in [3.05, 3.63) is 0 Å². The highest BCUT2D eigenvalue weighted by Crippen LogP contribution is 2.14. The first-order valence-electron chi connectivity index (χ1n) is 7.85. The minimum atomic E-state index is -0.483. The van der Waals surface area contributed by atoms with Gasteiger partial charge in [0.25, 0.3) is 0 Å². The van der Waals surface area contributed by atoms with Crippen LogP contribution in [0.25, 0.3) is 0 Å². The van der Waals surface area contributed by atoms with E-state index in [-0.39, 0.29) is 18.2 Å². The average Bonchev–Trinajstić information content (AvgIpc) is 2.40. The molecule has 6 heteroatoms. The fraction of sp³-hybridized carbons (Fsp3) is 0.933. The number of hydrogen-bond acceptors (Lipinski definition) is 5. The number of rotatable bonds is 3. The molecule has 0 aromatic rings. The van der Waals surface area contributed by atoms with Gasteiger partial charge in [-0.2, -0.15) is 0 Å². The van der Waals surface area contributed by atoms with Crippen LogP contribution in [-0.4, -0.2) is 56.2 Å². The molecule has 6 nitrogen and oxygen atoms in total. The van der Waals surface area contributed by atoms with Gasteiger partial charge in [-0.3, -0.25) is 0 Å². The first-order chi connectivity index (χ1) is 9.94. The van der Waals surface area contributed by atoms with Crippen LogP contribution in [0.3, 0.4) is 0 Å². The molecule has 0 aliphatic carbocycles. The predicted octanol–water partition coefficient (Wildman–Crippen LogP) is 1.44. The summed E-state index contributed by atoms with van der Waals surface area (Å²) in [5.74, 6) is 0. The van der Waals surface area contributed by atoms with Crippen LogP contribution < -0.4 is 10.6 Å². The van der Waals surface area contributed by atoms with Gasteiger partial charge in [-0.15, -0.1) is 0 Å². The van der Waals surface area contributed by atoms with E-state index in [1.54, 1.807) is 0 Å². The molecule has 2 atom stereocenters. The first-order valence-corrected chi connectivity index (χ1v) is 7.85. The Morgan fingerprint density at radius 2 is 1.71 bits per heavy atom. The Bertz CT molecular complexity index is 337. The van der Waals surface area contributed by atoms with Gasteiger partial charge in [0.1, 0.15) is 5.60 Å². The molecule has 2 N–H and O–H groups in total. The molecule has 0 radical (unpaired) electrons. The predicted molar refractivity (Wildman–Crippen MR) is 79.4 cm³/mol. The lowest BCUT2D eigenvalue weighted by molar-refractivity contribution is 0.0179. The summed E-state index contributed by atoms with van der Waals surface area (Å²) in [7, 11) is 0. The highest BCUT2D eigenvalue weighted by atomic mass is 16.6.